The molecule has 0 aliphatic rings. The minimum Gasteiger partial charge on any atom is -0.462 e. The first-order valence-corrected chi connectivity index (χ1v) is 11.2. The predicted octanol–water partition coefficient (Wildman–Crippen LogP) is 6.04. The molecule has 0 unspecified atom stereocenters. The van der Waals surface area contributed by atoms with E-state index in [1.165, 1.54) is 0 Å². The summed E-state index contributed by atoms with van der Waals surface area (Å²) in [5.41, 5.74) is 5.89. The molecule has 4 rings (SSSR count). The second-order valence-corrected chi connectivity index (χ2v) is 8.26. The van der Waals surface area contributed by atoms with Crippen LogP contribution in [0, 0.1) is 13.8 Å². The van der Waals surface area contributed by atoms with Crippen LogP contribution >= 0.6 is 0 Å². The minimum absolute atomic E-state index is 0.0465. The molecule has 1 amide bonds. The van der Waals surface area contributed by atoms with Gasteiger partial charge < -0.3 is 15.2 Å². The molecular weight excluding hydrogens is 426 g/mol. The molecule has 0 spiro atoms. The number of nitrogens with one attached hydrogen (secondary N) is 1. The van der Waals surface area contributed by atoms with E-state index in [4.69, 9.17) is 4.74 Å². The van der Waals surface area contributed by atoms with Crippen molar-refractivity contribution in [2.75, 3.05) is 11.9 Å². The summed E-state index contributed by atoms with van der Waals surface area (Å²) in [6.07, 6.45) is 0. The molecule has 0 saturated heterocycles. The summed E-state index contributed by atoms with van der Waals surface area (Å²) >= 11 is 0. The van der Waals surface area contributed by atoms with Gasteiger partial charge in [0.1, 0.15) is 0 Å². The number of hydrogen-bond acceptors (Lipinski definition) is 4. The van der Waals surface area contributed by atoms with Gasteiger partial charge in [0.15, 0.2) is 0 Å². The van der Waals surface area contributed by atoms with Gasteiger partial charge in [0, 0.05) is 11.3 Å². The molecule has 172 valence electrons. The maximum atomic E-state index is 13.5. The summed E-state index contributed by atoms with van der Waals surface area (Å²) in [5.74, 6) is -0.609. The van der Waals surface area contributed by atoms with Crippen molar-refractivity contribution in [2.24, 2.45) is 0 Å². The summed E-state index contributed by atoms with van der Waals surface area (Å²) in [6, 6.07) is 22.8. The van der Waals surface area contributed by atoms with E-state index in [2.05, 4.69) is 5.32 Å². The van der Waals surface area contributed by atoms with Crippen molar-refractivity contribution in [3.05, 3.63) is 101 Å². The third-order valence-electron chi connectivity index (χ3n) is 5.83. The Kier molecular flexibility index (Phi) is 6.75. The van der Waals surface area contributed by atoms with Gasteiger partial charge in [-0.1, -0.05) is 42.5 Å². The number of hydrogen-bond donors (Lipinski definition) is 2. The molecule has 0 bridgehead atoms. The van der Waals surface area contributed by atoms with Crippen molar-refractivity contribution >= 4 is 28.3 Å². The first-order valence-electron chi connectivity index (χ1n) is 11.2. The quantitative estimate of drug-likeness (QED) is 0.349. The fourth-order valence-electron chi connectivity index (χ4n) is 4.19. The molecule has 5 nitrogen and oxygen atoms in total. The van der Waals surface area contributed by atoms with E-state index in [0.29, 0.717) is 23.4 Å². The van der Waals surface area contributed by atoms with Gasteiger partial charge in [-0.25, -0.2) is 4.79 Å². The number of aryl methyl sites for hydroxylation is 2. The Morgan fingerprint density at radius 3 is 2.32 bits per heavy atom. The van der Waals surface area contributed by atoms with Crippen molar-refractivity contribution in [3.8, 4) is 11.1 Å². The Morgan fingerprint density at radius 2 is 1.62 bits per heavy atom. The number of aliphatic hydroxyl groups is 1. The van der Waals surface area contributed by atoms with Crippen LogP contribution in [0.2, 0.25) is 0 Å². The summed E-state index contributed by atoms with van der Waals surface area (Å²) in [7, 11) is 0. The van der Waals surface area contributed by atoms with E-state index in [9.17, 15) is 14.7 Å². The highest BCUT2D eigenvalue weighted by atomic mass is 16.5. The van der Waals surface area contributed by atoms with Crippen molar-refractivity contribution < 1.29 is 19.4 Å². The van der Waals surface area contributed by atoms with Crippen LogP contribution in [-0.4, -0.2) is 23.6 Å². The maximum absolute atomic E-state index is 13.5. The standard InChI is InChI=1S/C29H27NO4/c1-4-34-29(33)24-12-18(2)27(19(3)13-24)30-28(32)26-16-23(15-22-9-5-6-11-25(22)26)21-10-7-8-20(14-21)17-31/h5-16,31H,4,17H2,1-3H3,(H,30,32). The number of anilines is 1. The maximum Gasteiger partial charge on any atom is 0.338 e. The Hall–Kier alpha value is -3.96. The Labute approximate surface area is 199 Å². The van der Waals surface area contributed by atoms with Gasteiger partial charge in [0.25, 0.3) is 5.91 Å². The Bertz CT molecular complexity index is 1370. The zero-order valence-electron chi connectivity index (χ0n) is 19.5. The van der Waals surface area contributed by atoms with E-state index in [0.717, 1.165) is 38.6 Å². The molecule has 4 aromatic carbocycles. The van der Waals surface area contributed by atoms with Crippen LogP contribution in [0.4, 0.5) is 5.69 Å². The largest absolute Gasteiger partial charge is 0.462 e. The number of benzene rings is 4. The number of aliphatic hydroxyl groups excluding tert-OH is 1. The van der Waals surface area contributed by atoms with Gasteiger partial charge in [-0.2, -0.15) is 0 Å². The number of carbonyl (C=O) groups is 2. The SMILES string of the molecule is CCOC(=O)c1cc(C)c(NC(=O)c2cc(-c3cccc(CO)c3)cc3ccccc23)c(C)c1. The average Bonchev–Trinajstić information content (AvgIpc) is 2.85. The molecular formula is C29H27NO4. The predicted molar refractivity (Wildman–Crippen MR) is 135 cm³/mol. The van der Waals surface area contributed by atoms with Crippen molar-refractivity contribution in [1.29, 1.82) is 0 Å². The summed E-state index contributed by atoms with van der Waals surface area (Å²) in [6.45, 7) is 5.75. The van der Waals surface area contributed by atoms with Gasteiger partial charge in [0.05, 0.1) is 18.8 Å². The molecule has 0 atom stereocenters. The molecule has 2 N–H and O–H groups in total. The zero-order valence-corrected chi connectivity index (χ0v) is 19.5. The number of ether oxygens (including phenoxy) is 1. The van der Waals surface area contributed by atoms with Crippen molar-refractivity contribution in [2.45, 2.75) is 27.4 Å². The highest BCUT2D eigenvalue weighted by molar-refractivity contribution is 6.14. The Balaban J connectivity index is 1.75. The highest BCUT2D eigenvalue weighted by Crippen LogP contribution is 2.30. The molecule has 0 fully saturated rings. The number of fused-ring (bicyclic) bond motifs is 1. The van der Waals surface area contributed by atoms with Gasteiger partial charge >= 0.3 is 5.97 Å². The molecule has 0 radical (unpaired) electrons. The van der Waals surface area contributed by atoms with Gasteiger partial charge in [-0.3, -0.25) is 4.79 Å². The average molecular weight is 454 g/mol. The zero-order chi connectivity index (χ0) is 24.2. The van der Waals surface area contributed by atoms with Crippen LogP contribution in [0.15, 0.2) is 72.8 Å². The van der Waals surface area contributed by atoms with Gasteiger partial charge in [-0.05, 0) is 89.7 Å². The lowest BCUT2D eigenvalue weighted by molar-refractivity contribution is 0.0526. The topological polar surface area (TPSA) is 75.6 Å². The van der Waals surface area contributed by atoms with E-state index in [1.54, 1.807) is 19.1 Å². The highest BCUT2D eigenvalue weighted by Gasteiger charge is 2.17. The van der Waals surface area contributed by atoms with Crippen molar-refractivity contribution in [3.63, 3.8) is 0 Å². The number of esters is 1. The molecule has 0 aromatic heterocycles. The van der Waals surface area contributed by atoms with Crippen LogP contribution in [0.25, 0.3) is 21.9 Å². The lowest BCUT2D eigenvalue weighted by atomic mass is 9.95. The fourth-order valence-corrected chi connectivity index (χ4v) is 4.19. The van der Waals surface area contributed by atoms with Gasteiger partial charge in [-0.15, -0.1) is 0 Å². The van der Waals surface area contributed by atoms with Crippen LogP contribution in [-0.2, 0) is 11.3 Å². The minimum atomic E-state index is -0.379. The molecule has 0 aliphatic carbocycles. The number of rotatable bonds is 6. The molecule has 0 saturated carbocycles. The number of amides is 1. The Morgan fingerprint density at radius 1 is 0.882 bits per heavy atom. The van der Waals surface area contributed by atoms with Crippen LogP contribution in [0.3, 0.4) is 0 Å². The van der Waals surface area contributed by atoms with E-state index >= 15 is 0 Å². The molecule has 4 aromatic rings. The first-order chi connectivity index (χ1) is 16.4. The lowest BCUT2D eigenvalue weighted by Crippen LogP contribution is -2.15. The smallest absolute Gasteiger partial charge is 0.338 e. The normalized spacial score (nSPS) is 10.8. The van der Waals surface area contributed by atoms with Crippen LogP contribution in [0.5, 0.6) is 0 Å². The number of carbonyl (C=O) groups excluding carboxylic acids is 2. The summed E-state index contributed by atoms with van der Waals surface area (Å²) in [4.78, 5) is 25.7. The third kappa shape index (κ3) is 4.70. The third-order valence-corrected chi connectivity index (χ3v) is 5.83. The van der Waals surface area contributed by atoms with E-state index in [1.807, 2.05) is 74.5 Å². The fraction of sp³-hybridized carbons (Fsp3) is 0.172. The van der Waals surface area contributed by atoms with Crippen molar-refractivity contribution in [1.82, 2.24) is 0 Å². The lowest BCUT2D eigenvalue weighted by Gasteiger charge is -2.16. The van der Waals surface area contributed by atoms with E-state index in [-0.39, 0.29) is 18.5 Å². The molecule has 5 heteroatoms. The molecule has 0 aliphatic heterocycles. The monoisotopic (exact) mass is 453 g/mol. The summed E-state index contributed by atoms with van der Waals surface area (Å²) in [5, 5.41) is 14.4. The first kappa shape index (κ1) is 23.2. The van der Waals surface area contributed by atoms with E-state index < -0.39 is 0 Å². The second kappa shape index (κ2) is 9.89. The van der Waals surface area contributed by atoms with Gasteiger partial charge in [0.2, 0.25) is 0 Å². The second-order valence-electron chi connectivity index (χ2n) is 8.26. The summed E-state index contributed by atoms with van der Waals surface area (Å²) < 4.78 is 5.11. The van der Waals surface area contributed by atoms with Crippen LogP contribution in [0.1, 0.15) is 44.3 Å². The van der Waals surface area contributed by atoms with Crippen LogP contribution < -0.4 is 5.32 Å². The molecule has 34 heavy (non-hydrogen) atoms. The molecule has 0 heterocycles.